The first-order valence-corrected chi connectivity index (χ1v) is 2.93. The molecule has 1 aromatic rings. The van der Waals surface area contributed by atoms with Gasteiger partial charge in [-0.05, 0) is 6.08 Å². The lowest BCUT2D eigenvalue weighted by Crippen LogP contribution is -1.89. The lowest BCUT2D eigenvalue weighted by atomic mass is 10.6. The van der Waals surface area contributed by atoms with Gasteiger partial charge in [0.2, 0.25) is 0 Å². The number of nitrogens with zero attached hydrogens (tertiary/aromatic N) is 2. The van der Waals surface area contributed by atoms with Crippen LogP contribution in [-0.2, 0) is 7.05 Å². The van der Waals surface area contributed by atoms with Crippen molar-refractivity contribution >= 4 is 17.7 Å². The zero-order valence-corrected chi connectivity index (χ0v) is 5.89. The van der Waals surface area contributed by atoms with Crippen molar-refractivity contribution in [3.8, 4) is 0 Å². The molecule has 0 unspecified atom stereocenters. The molecule has 0 radical (unpaired) electrons. The van der Waals surface area contributed by atoms with Gasteiger partial charge in [-0.2, -0.15) is 0 Å². The maximum atomic E-state index is 5.66. The highest BCUT2D eigenvalue weighted by Crippen LogP contribution is 2.08. The van der Waals surface area contributed by atoms with Crippen LogP contribution in [0, 0.1) is 0 Å². The summed E-state index contributed by atoms with van der Waals surface area (Å²) in [5, 5.41) is 0.630. The minimum atomic E-state index is 0.630. The Hall–Kier alpha value is -0.760. The van der Waals surface area contributed by atoms with Crippen LogP contribution in [0.25, 0.3) is 6.08 Å². The fraction of sp³-hybridized carbons (Fsp3) is 0.167. The molecule has 0 spiro atoms. The SMILES string of the molecule is C=Cc1ncc(Cl)n1C. The van der Waals surface area contributed by atoms with Gasteiger partial charge in [0.15, 0.2) is 0 Å². The third-order valence-corrected chi connectivity index (χ3v) is 1.50. The average Bonchev–Trinajstić information content (AvgIpc) is 2.15. The Morgan fingerprint density at radius 3 is 2.78 bits per heavy atom. The Morgan fingerprint density at radius 2 is 2.56 bits per heavy atom. The van der Waals surface area contributed by atoms with Gasteiger partial charge in [0.25, 0.3) is 0 Å². The number of imidazole rings is 1. The first kappa shape index (κ1) is 6.36. The highest BCUT2D eigenvalue weighted by atomic mass is 35.5. The second-order valence-corrected chi connectivity index (χ2v) is 2.09. The Bertz CT molecular complexity index is 227. The molecule has 1 heterocycles. The van der Waals surface area contributed by atoms with Crippen LogP contribution in [0.3, 0.4) is 0 Å². The van der Waals surface area contributed by atoms with Gasteiger partial charge in [0.05, 0.1) is 6.20 Å². The van der Waals surface area contributed by atoms with E-state index in [0.717, 1.165) is 5.82 Å². The van der Waals surface area contributed by atoms with E-state index in [-0.39, 0.29) is 0 Å². The number of hydrogen-bond acceptors (Lipinski definition) is 1. The molecule has 3 heteroatoms. The van der Waals surface area contributed by atoms with E-state index in [1.165, 1.54) is 0 Å². The monoisotopic (exact) mass is 142 g/mol. The third-order valence-electron chi connectivity index (χ3n) is 1.15. The van der Waals surface area contributed by atoms with Crippen molar-refractivity contribution in [2.45, 2.75) is 0 Å². The molecule has 1 rings (SSSR count). The van der Waals surface area contributed by atoms with Gasteiger partial charge in [-0.25, -0.2) is 4.98 Å². The van der Waals surface area contributed by atoms with Gasteiger partial charge in [-0.1, -0.05) is 18.2 Å². The van der Waals surface area contributed by atoms with E-state index in [1.54, 1.807) is 16.8 Å². The predicted molar refractivity (Wildman–Crippen MR) is 38.3 cm³/mol. The molecule has 0 saturated heterocycles. The molecule has 0 fully saturated rings. The summed E-state index contributed by atoms with van der Waals surface area (Å²) in [6, 6.07) is 0. The first-order valence-electron chi connectivity index (χ1n) is 2.55. The molecular weight excluding hydrogens is 136 g/mol. The van der Waals surface area contributed by atoms with Crippen LogP contribution < -0.4 is 0 Å². The van der Waals surface area contributed by atoms with Crippen molar-refractivity contribution in [2.24, 2.45) is 7.05 Å². The minimum absolute atomic E-state index is 0.630. The summed E-state index contributed by atoms with van der Waals surface area (Å²) in [5.41, 5.74) is 0. The maximum Gasteiger partial charge on any atom is 0.132 e. The molecule has 0 amide bonds. The molecular formula is C6H7ClN2. The molecule has 1 aromatic heterocycles. The molecule has 0 saturated carbocycles. The summed E-state index contributed by atoms with van der Waals surface area (Å²) in [7, 11) is 1.84. The van der Waals surface area contributed by atoms with E-state index < -0.39 is 0 Å². The van der Waals surface area contributed by atoms with Gasteiger partial charge in [0, 0.05) is 7.05 Å². The van der Waals surface area contributed by atoms with Crippen LogP contribution >= 0.6 is 11.6 Å². The molecule has 0 atom stereocenters. The van der Waals surface area contributed by atoms with E-state index in [1.807, 2.05) is 7.05 Å². The molecule has 0 N–H and O–H groups in total. The van der Waals surface area contributed by atoms with E-state index in [9.17, 15) is 0 Å². The molecule has 0 aliphatic carbocycles. The first-order chi connectivity index (χ1) is 4.25. The largest absolute Gasteiger partial charge is 0.319 e. The van der Waals surface area contributed by atoms with Crippen molar-refractivity contribution < 1.29 is 0 Å². The van der Waals surface area contributed by atoms with Crippen molar-refractivity contribution in [1.82, 2.24) is 9.55 Å². The van der Waals surface area contributed by atoms with E-state index >= 15 is 0 Å². The Kier molecular flexibility index (Phi) is 1.58. The highest BCUT2D eigenvalue weighted by molar-refractivity contribution is 6.29. The topological polar surface area (TPSA) is 17.8 Å². The normalized spacial score (nSPS) is 9.56. The summed E-state index contributed by atoms with van der Waals surface area (Å²) in [4.78, 5) is 3.95. The van der Waals surface area contributed by atoms with Crippen molar-refractivity contribution in [3.05, 3.63) is 23.8 Å². The van der Waals surface area contributed by atoms with Gasteiger partial charge in [0.1, 0.15) is 11.0 Å². The molecule has 9 heavy (non-hydrogen) atoms. The van der Waals surface area contributed by atoms with Crippen LogP contribution in [0.5, 0.6) is 0 Å². The zero-order valence-electron chi connectivity index (χ0n) is 5.13. The number of hydrogen-bond donors (Lipinski definition) is 0. The summed E-state index contributed by atoms with van der Waals surface area (Å²) in [6.45, 7) is 3.56. The van der Waals surface area contributed by atoms with Crippen LogP contribution in [0.1, 0.15) is 5.82 Å². The van der Waals surface area contributed by atoms with Gasteiger partial charge in [-0.3, -0.25) is 0 Å². The summed E-state index contributed by atoms with van der Waals surface area (Å²) < 4.78 is 1.76. The highest BCUT2D eigenvalue weighted by Gasteiger charge is 1.97. The van der Waals surface area contributed by atoms with Gasteiger partial charge >= 0.3 is 0 Å². The standard InChI is InChI=1S/C6H7ClN2/c1-3-6-8-4-5(7)9(6)2/h3-4H,1H2,2H3. The Labute approximate surface area is 58.8 Å². The quantitative estimate of drug-likeness (QED) is 0.584. The fourth-order valence-electron chi connectivity index (χ4n) is 0.592. The van der Waals surface area contributed by atoms with Crippen LogP contribution in [0.15, 0.2) is 12.8 Å². The zero-order chi connectivity index (χ0) is 6.85. The summed E-state index contributed by atoms with van der Waals surface area (Å²) in [6.07, 6.45) is 3.25. The fourth-order valence-corrected chi connectivity index (χ4v) is 0.727. The average molecular weight is 143 g/mol. The lowest BCUT2D eigenvalue weighted by molar-refractivity contribution is 0.898. The predicted octanol–water partition coefficient (Wildman–Crippen LogP) is 1.72. The third kappa shape index (κ3) is 0.980. The van der Waals surface area contributed by atoms with Crippen molar-refractivity contribution in [3.63, 3.8) is 0 Å². The van der Waals surface area contributed by atoms with E-state index in [0.29, 0.717) is 5.15 Å². The summed E-state index contributed by atoms with van der Waals surface area (Å²) in [5.74, 6) is 0.792. The van der Waals surface area contributed by atoms with Crippen LogP contribution in [-0.4, -0.2) is 9.55 Å². The lowest BCUT2D eigenvalue weighted by Gasteiger charge is -1.93. The Balaban J connectivity index is 3.18. The van der Waals surface area contributed by atoms with Crippen molar-refractivity contribution in [1.29, 1.82) is 0 Å². The molecule has 0 aliphatic heterocycles. The molecule has 0 bridgehead atoms. The summed E-state index contributed by atoms with van der Waals surface area (Å²) >= 11 is 5.66. The molecule has 48 valence electrons. The second-order valence-electron chi connectivity index (χ2n) is 1.70. The number of aromatic nitrogens is 2. The van der Waals surface area contributed by atoms with Crippen LogP contribution in [0.4, 0.5) is 0 Å². The number of halogens is 1. The Morgan fingerprint density at radius 1 is 1.89 bits per heavy atom. The maximum absolute atomic E-state index is 5.66. The van der Waals surface area contributed by atoms with E-state index in [2.05, 4.69) is 11.6 Å². The minimum Gasteiger partial charge on any atom is -0.319 e. The number of rotatable bonds is 1. The van der Waals surface area contributed by atoms with Crippen molar-refractivity contribution in [2.75, 3.05) is 0 Å². The van der Waals surface area contributed by atoms with Gasteiger partial charge < -0.3 is 4.57 Å². The molecule has 0 aliphatic rings. The van der Waals surface area contributed by atoms with Crippen LogP contribution in [0.2, 0.25) is 5.15 Å². The molecule has 2 nitrogen and oxygen atoms in total. The smallest absolute Gasteiger partial charge is 0.132 e. The van der Waals surface area contributed by atoms with Gasteiger partial charge in [-0.15, -0.1) is 0 Å². The second kappa shape index (κ2) is 2.23. The molecule has 0 aromatic carbocycles. The van der Waals surface area contributed by atoms with E-state index in [4.69, 9.17) is 11.6 Å².